The Hall–Kier alpha value is -2.47. The van der Waals surface area contributed by atoms with Crippen LogP contribution in [0.4, 0.5) is 5.95 Å². The molecule has 0 radical (unpaired) electrons. The lowest BCUT2D eigenvalue weighted by Crippen LogP contribution is -2.46. The molecule has 3 aliphatic rings. The number of nitrogens with two attached hydrogens (primary N) is 1. The third-order valence-corrected chi connectivity index (χ3v) is 7.31. The number of nitrogen functional groups attached to an aromatic ring is 1. The number of nitrogens with zero attached hydrogens (tertiary/aromatic N) is 7. The summed E-state index contributed by atoms with van der Waals surface area (Å²) in [6, 6.07) is 0. The Morgan fingerprint density at radius 1 is 1.45 bits per heavy atom. The van der Waals surface area contributed by atoms with Crippen LogP contribution in [0.3, 0.4) is 0 Å². The van der Waals surface area contributed by atoms with E-state index in [1.165, 1.54) is 13.4 Å². The second-order valence-corrected chi connectivity index (χ2v) is 9.36. The number of imidazole rings is 1. The summed E-state index contributed by atoms with van der Waals surface area (Å²) >= 11 is 0. The molecule has 2 aromatic heterocycles. The molecule has 15 heteroatoms. The van der Waals surface area contributed by atoms with Crippen LogP contribution in [0.25, 0.3) is 21.6 Å². The maximum Gasteiger partial charge on any atom is 0.475 e. The Bertz CT molecular complexity index is 1120. The van der Waals surface area contributed by atoms with Gasteiger partial charge in [-0.15, -0.1) is 0 Å². The van der Waals surface area contributed by atoms with E-state index < -0.39 is 31.8 Å². The normalized spacial score (nSPS) is 35.4. The number of hydrogen-bond donors (Lipinski definition) is 1. The lowest BCUT2D eigenvalue weighted by molar-refractivity contribution is -0.0787. The molecular weight excluding hydrogens is 431 g/mol. The number of hydrogen-bond acceptors (Lipinski definition) is 11. The number of fused-ring (bicyclic) bond motifs is 2. The average Bonchev–Trinajstić information content (AvgIpc) is 3.23. The molecule has 0 aromatic carbocycles. The van der Waals surface area contributed by atoms with Crippen molar-refractivity contribution in [3.8, 4) is 5.88 Å². The monoisotopic (exact) mass is 452 g/mol. The van der Waals surface area contributed by atoms with Gasteiger partial charge in [-0.25, -0.2) is 9.55 Å². The van der Waals surface area contributed by atoms with Crippen molar-refractivity contribution in [2.24, 2.45) is 5.11 Å². The minimum absolute atomic E-state index is 0.0232. The first-order valence-corrected chi connectivity index (χ1v) is 11.2. The zero-order valence-electron chi connectivity index (χ0n) is 16.8. The SMILES string of the molecule is COc1nc(N)nc2c1ncn2[C@@H]1O[C@@H]2COP(=O)(OC3CCC3)O[C@H]2[C@@]1(C)N=[N+]=[N-]. The summed E-state index contributed by atoms with van der Waals surface area (Å²) in [7, 11) is -2.39. The third kappa shape index (κ3) is 3.23. The molecule has 2 N–H and O–H groups in total. The first kappa shape index (κ1) is 20.4. The first-order chi connectivity index (χ1) is 14.9. The highest BCUT2D eigenvalue weighted by Gasteiger charge is 2.61. The predicted octanol–water partition coefficient (Wildman–Crippen LogP) is 2.48. The van der Waals surface area contributed by atoms with Crippen LogP contribution in [-0.2, 0) is 22.9 Å². The molecule has 2 saturated heterocycles. The molecule has 3 fully saturated rings. The van der Waals surface area contributed by atoms with Gasteiger partial charge in [0.05, 0.1) is 26.1 Å². The van der Waals surface area contributed by atoms with Crippen LogP contribution >= 0.6 is 7.82 Å². The van der Waals surface area contributed by atoms with Gasteiger partial charge in [0.1, 0.15) is 17.7 Å². The van der Waals surface area contributed by atoms with Gasteiger partial charge in [-0.05, 0) is 31.7 Å². The number of rotatable bonds is 5. The van der Waals surface area contributed by atoms with E-state index in [2.05, 4.69) is 25.0 Å². The van der Waals surface area contributed by atoms with Gasteiger partial charge in [0, 0.05) is 4.91 Å². The summed E-state index contributed by atoms with van der Waals surface area (Å²) in [5.41, 5.74) is 14.5. The van der Waals surface area contributed by atoms with Crippen LogP contribution in [0.15, 0.2) is 11.4 Å². The minimum atomic E-state index is -3.83. The Morgan fingerprint density at radius 3 is 2.94 bits per heavy atom. The van der Waals surface area contributed by atoms with Gasteiger partial charge in [-0.1, -0.05) is 5.11 Å². The van der Waals surface area contributed by atoms with Crippen LogP contribution in [0.1, 0.15) is 32.4 Å². The van der Waals surface area contributed by atoms with Gasteiger partial charge in [-0.2, -0.15) is 9.97 Å². The molecule has 4 heterocycles. The maximum absolute atomic E-state index is 13.1. The van der Waals surface area contributed by atoms with E-state index in [1.54, 1.807) is 11.5 Å². The second kappa shape index (κ2) is 7.30. The van der Waals surface area contributed by atoms with Crippen LogP contribution in [0.5, 0.6) is 5.88 Å². The lowest BCUT2D eigenvalue weighted by Gasteiger charge is -2.37. The summed E-state index contributed by atoms with van der Waals surface area (Å²) in [6.07, 6.45) is 1.43. The van der Waals surface area contributed by atoms with E-state index in [9.17, 15) is 10.1 Å². The zero-order valence-corrected chi connectivity index (χ0v) is 17.7. The van der Waals surface area contributed by atoms with Crippen molar-refractivity contribution in [1.82, 2.24) is 19.5 Å². The summed E-state index contributed by atoms with van der Waals surface area (Å²) < 4.78 is 42.8. The number of phosphoric acid groups is 1. The fourth-order valence-electron chi connectivity index (χ4n) is 4.01. The largest absolute Gasteiger partial charge is 0.479 e. The molecule has 0 amide bonds. The number of anilines is 1. The van der Waals surface area contributed by atoms with Crippen molar-refractivity contribution in [2.45, 2.75) is 56.3 Å². The Morgan fingerprint density at radius 2 is 2.26 bits per heavy atom. The van der Waals surface area contributed by atoms with Gasteiger partial charge < -0.3 is 15.2 Å². The molecule has 2 aromatic rings. The molecule has 1 aliphatic carbocycles. The van der Waals surface area contributed by atoms with E-state index in [1.807, 2.05) is 0 Å². The summed E-state index contributed by atoms with van der Waals surface area (Å²) in [5.74, 6) is 0.171. The first-order valence-electron chi connectivity index (χ1n) is 9.74. The molecule has 2 aliphatic heterocycles. The van der Waals surface area contributed by atoms with Crippen LogP contribution in [0.2, 0.25) is 0 Å². The Labute approximate surface area is 176 Å². The number of ether oxygens (including phenoxy) is 2. The topological polar surface area (TPSA) is 182 Å². The van der Waals surface area contributed by atoms with Crippen molar-refractivity contribution >= 4 is 24.9 Å². The minimum Gasteiger partial charge on any atom is -0.479 e. The molecule has 14 nitrogen and oxygen atoms in total. The standard InChI is InChI=1S/C16H21N8O6P/c1-16(22-23-18)11-9(6-27-31(25,30-11)29-8-4-3-5-8)28-14(16)24-7-19-10-12(24)20-15(17)21-13(10)26-2/h7-9,11,14H,3-6H2,1-2H3,(H2,17,20,21)/t9-,11-,14-,16-,31?/m1/s1. The highest BCUT2D eigenvalue weighted by molar-refractivity contribution is 7.48. The van der Waals surface area contributed by atoms with E-state index in [0.717, 1.165) is 19.3 Å². The quantitative estimate of drug-likeness (QED) is 0.306. The second-order valence-electron chi connectivity index (χ2n) is 7.78. The fourth-order valence-corrected chi connectivity index (χ4v) is 5.72. The molecule has 1 saturated carbocycles. The smallest absolute Gasteiger partial charge is 0.475 e. The predicted molar refractivity (Wildman–Crippen MR) is 105 cm³/mol. The lowest BCUT2D eigenvalue weighted by atomic mass is 9.93. The summed E-state index contributed by atoms with van der Waals surface area (Å²) in [4.78, 5) is 15.5. The van der Waals surface area contributed by atoms with E-state index >= 15 is 0 Å². The van der Waals surface area contributed by atoms with E-state index in [0.29, 0.717) is 11.2 Å². The van der Waals surface area contributed by atoms with Crippen molar-refractivity contribution in [2.75, 3.05) is 19.5 Å². The van der Waals surface area contributed by atoms with Gasteiger partial charge in [0.2, 0.25) is 11.8 Å². The van der Waals surface area contributed by atoms with E-state index in [4.69, 9.17) is 28.8 Å². The fraction of sp³-hybridized carbons (Fsp3) is 0.688. The summed E-state index contributed by atoms with van der Waals surface area (Å²) in [5, 5.41) is 3.97. The highest BCUT2D eigenvalue weighted by atomic mass is 31.2. The molecule has 0 spiro atoms. The Balaban J connectivity index is 1.54. The van der Waals surface area contributed by atoms with Crippen LogP contribution in [-0.4, -0.2) is 57.1 Å². The van der Waals surface area contributed by atoms with Gasteiger partial charge in [0.15, 0.2) is 17.4 Å². The number of azide groups is 1. The van der Waals surface area contributed by atoms with Crippen molar-refractivity contribution in [3.05, 3.63) is 16.8 Å². The van der Waals surface area contributed by atoms with Crippen molar-refractivity contribution in [1.29, 1.82) is 0 Å². The van der Waals surface area contributed by atoms with Gasteiger partial charge in [0.25, 0.3) is 0 Å². The molecular formula is C16H21N8O6P. The number of phosphoric ester groups is 1. The zero-order chi connectivity index (χ0) is 21.8. The molecule has 0 bridgehead atoms. The molecule has 31 heavy (non-hydrogen) atoms. The molecule has 5 atom stereocenters. The van der Waals surface area contributed by atoms with Crippen LogP contribution < -0.4 is 10.5 Å². The van der Waals surface area contributed by atoms with Crippen LogP contribution in [0, 0.1) is 0 Å². The number of aromatic nitrogens is 4. The van der Waals surface area contributed by atoms with E-state index in [-0.39, 0.29) is 24.5 Å². The average molecular weight is 452 g/mol. The van der Waals surface area contributed by atoms with Gasteiger partial charge >= 0.3 is 7.82 Å². The highest BCUT2D eigenvalue weighted by Crippen LogP contribution is 2.61. The number of methoxy groups -OCH3 is 1. The third-order valence-electron chi connectivity index (χ3n) is 5.80. The molecule has 1 unspecified atom stereocenters. The van der Waals surface area contributed by atoms with Crippen molar-refractivity contribution < 1.29 is 27.6 Å². The summed E-state index contributed by atoms with van der Waals surface area (Å²) in [6.45, 7) is 1.60. The molecule has 166 valence electrons. The molecule has 5 rings (SSSR count). The van der Waals surface area contributed by atoms with Gasteiger partial charge in [-0.3, -0.25) is 18.1 Å². The van der Waals surface area contributed by atoms with Crippen molar-refractivity contribution in [3.63, 3.8) is 0 Å². The maximum atomic E-state index is 13.1. The Kier molecular flexibility index (Phi) is 4.81.